The second kappa shape index (κ2) is 12.3. The number of benzene rings is 3. The minimum Gasteiger partial charge on any atom is -0.506 e. The van der Waals surface area contributed by atoms with Gasteiger partial charge in [-0.15, -0.1) is 0 Å². The first-order valence-corrected chi connectivity index (χ1v) is 12.8. The SMILES string of the molecule is Cc1c(Br)c(O)c(Br)c(O)c1C=NNC(=O)C(=Cc1ccc(N(C)C)cc1)NC(=O)c1ccccc1Cl. The lowest BCUT2D eigenvalue weighted by molar-refractivity contribution is -0.117. The average Bonchev–Trinajstić information content (AvgIpc) is 2.88. The molecule has 8 nitrogen and oxygen atoms in total. The van der Waals surface area contributed by atoms with Crippen molar-refractivity contribution >= 4 is 73.3 Å². The zero-order valence-corrected chi connectivity index (χ0v) is 23.9. The largest absolute Gasteiger partial charge is 0.506 e. The highest BCUT2D eigenvalue weighted by atomic mass is 79.9. The summed E-state index contributed by atoms with van der Waals surface area (Å²) in [7, 11) is 3.83. The van der Waals surface area contributed by atoms with Gasteiger partial charge in [-0.1, -0.05) is 35.9 Å². The van der Waals surface area contributed by atoms with E-state index < -0.39 is 11.8 Å². The predicted octanol–water partition coefficient (Wildman–Crippen LogP) is 5.57. The van der Waals surface area contributed by atoms with Crippen LogP contribution in [0.15, 0.2) is 68.3 Å². The molecule has 0 unspecified atom stereocenters. The molecule has 3 rings (SSSR count). The molecule has 0 bridgehead atoms. The van der Waals surface area contributed by atoms with Gasteiger partial charge in [-0.25, -0.2) is 5.43 Å². The predicted molar refractivity (Wildman–Crippen MR) is 153 cm³/mol. The van der Waals surface area contributed by atoms with Crippen molar-refractivity contribution in [2.24, 2.45) is 5.10 Å². The lowest BCUT2D eigenvalue weighted by atomic mass is 10.1. The van der Waals surface area contributed by atoms with Crippen LogP contribution in [0.1, 0.15) is 27.0 Å². The van der Waals surface area contributed by atoms with Crippen molar-refractivity contribution in [3.8, 4) is 11.5 Å². The van der Waals surface area contributed by atoms with E-state index in [0.717, 1.165) is 5.69 Å². The number of hydrazone groups is 1. The molecule has 0 aromatic heterocycles. The third kappa shape index (κ3) is 6.71. The summed E-state index contributed by atoms with van der Waals surface area (Å²) in [6.45, 7) is 1.66. The van der Waals surface area contributed by atoms with Gasteiger partial charge in [-0.05, 0) is 80.3 Å². The van der Waals surface area contributed by atoms with E-state index in [1.165, 1.54) is 12.3 Å². The summed E-state index contributed by atoms with van der Waals surface area (Å²) in [4.78, 5) is 27.9. The first-order valence-electron chi connectivity index (χ1n) is 10.8. The van der Waals surface area contributed by atoms with E-state index in [0.29, 0.717) is 15.6 Å². The third-order valence-corrected chi connectivity index (χ3v) is 7.35. The zero-order chi connectivity index (χ0) is 27.3. The summed E-state index contributed by atoms with van der Waals surface area (Å²) in [5.41, 5.74) is 4.89. The first kappa shape index (κ1) is 28.2. The number of nitrogens with zero attached hydrogens (tertiary/aromatic N) is 2. The molecular weight excluding hydrogens is 628 g/mol. The van der Waals surface area contributed by atoms with Crippen LogP contribution in [0.2, 0.25) is 5.02 Å². The summed E-state index contributed by atoms with van der Waals surface area (Å²) >= 11 is 12.5. The van der Waals surface area contributed by atoms with Crippen LogP contribution in [0, 0.1) is 6.92 Å². The number of carbonyl (C=O) groups is 2. The highest BCUT2D eigenvalue weighted by molar-refractivity contribution is 9.11. The molecule has 11 heteroatoms. The van der Waals surface area contributed by atoms with E-state index in [-0.39, 0.29) is 37.8 Å². The molecule has 0 radical (unpaired) electrons. The average molecular weight is 651 g/mol. The number of amides is 2. The summed E-state index contributed by atoms with van der Waals surface area (Å²) in [5.74, 6) is -1.69. The van der Waals surface area contributed by atoms with Crippen molar-refractivity contribution in [3.63, 3.8) is 0 Å². The van der Waals surface area contributed by atoms with Crippen LogP contribution in [-0.2, 0) is 4.79 Å². The van der Waals surface area contributed by atoms with Crippen LogP contribution < -0.4 is 15.6 Å². The van der Waals surface area contributed by atoms with Gasteiger partial charge >= 0.3 is 0 Å². The Balaban J connectivity index is 1.91. The van der Waals surface area contributed by atoms with E-state index in [1.807, 2.05) is 31.1 Å². The van der Waals surface area contributed by atoms with Gasteiger partial charge in [0.05, 0.1) is 21.3 Å². The van der Waals surface area contributed by atoms with Gasteiger partial charge in [0.15, 0.2) is 0 Å². The Labute approximate surface area is 235 Å². The number of carbonyl (C=O) groups excluding carboxylic acids is 2. The smallest absolute Gasteiger partial charge is 0.287 e. The van der Waals surface area contributed by atoms with Crippen LogP contribution in [0.5, 0.6) is 11.5 Å². The first-order chi connectivity index (χ1) is 17.5. The standard InChI is InChI=1S/C26H23Br2ClN4O4/c1-14-18(23(34)22(28)24(35)21(14)27)13-30-32-26(37)20(12-15-8-10-16(11-9-15)33(2)3)31-25(36)17-6-4-5-7-19(17)29/h4-13,34-35H,1-3H3,(H,31,36)(H,32,37). The minimum atomic E-state index is -0.706. The van der Waals surface area contributed by atoms with Crippen LogP contribution in [0.3, 0.4) is 0 Å². The summed E-state index contributed by atoms with van der Waals surface area (Å²) in [6, 6.07) is 13.8. The summed E-state index contributed by atoms with van der Waals surface area (Å²) in [5, 5.41) is 27.2. The van der Waals surface area contributed by atoms with Gasteiger partial charge in [0, 0.05) is 25.3 Å². The van der Waals surface area contributed by atoms with Crippen LogP contribution in [-0.4, -0.2) is 42.3 Å². The fourth-order valence-corrected chi connectivity index (χ4v) is 4.51. The molecule has 0 aliphatic carbocycles. The second-order valence-corrected chi connectivity index (χ2v) is 10.0. The van der Waals surface area contributed by atoms with Gasteiger partial charge in [0.25, 0.3) is 11.8 Å². The Morgan fingerprint density at radius 2 is 1.65 bits per heavy atom. The lowest BCUT2D eigenvalue weighted by Gasteiger charge is -2.13. The topological polar surface area (TPSA) is 114 Å². The van der Waals surface area contributed by atoms with Crippen molar-refractivity contribution in [2.45, 2.75) is 6.92 Å². The molecule has 0 saturated heterocycles. The Kier molecular flexibility index (Phi) is 9.36. The quantitative estimate of drug-likeness (QED) is 0.152. The minimum absolute atomic E-state index is 0.0753. The van der Waals surface area contributed by atoms with E-state index in [1.54, 1.807) is 43.3 Å². The molecule has 2 amide bonds. The fraction of sp³-hybridized carbons (Fsp3) is 0.115. The van der Waals surface area contributed by atoms with E-state index in [9.17, 15) is 19.8 Å². The maximum absolute atomic E-state index is 13.1. The van der Waals surface area contributed by atoms with Gasteiger partial charge in [-0.2, -0.15) is 5.10 Å². The number of nitrogens with one attached hydrogen (secondary N) is 2. The Bertz CT molecular complexity index is 1380. The molecule has 192 valence electrons. The van der Waals surface area contributed by atoms with Gasteiger partial charge in [0.1, 0.15) is 21.7 Å². The number of phenolic OH excluding ortho intramolecular Hbond substituents is 2. The lowest BCUT2D eigenvalue weighted by Crippen LogP contribution is -2.33. The van der Waals surface area contributed by atoms with Crippen molar-refractivity contribution in [3.05, 3.63) is 90.4 Å². The van der Waals surface area contributed by atoms with Gasteiger partial charge in [0.2, 0.25) is 0 Å². The fourth-order valence-electron chi connectivity index (χ4n) is 3.20. The van der Waals surface area contributed by atoms with Gasteiger partial charge in [-0.3, -0.25) is 9.59 Å². The van der Waals surface area contributed by atoms with Crippen molar-refractivity contribution in [1.29, 1.82) is 0 Å². The number of halogens is 3. The number of phenols is 2. The molecule has 37 heavy (non-hydrogen) atoms. The number of rotatable bonds is 7. The number of hydrogen-bond donors (Lipinski definition) is 4. The molecule has 0 heterocycles. The van der Waals surface area contributed by atoms with Crippen LogP contribution in [0.25, 0.3) is 6.08 Å². The summed E-state index contributed by atoms with van der Waals surface area (Å²) in [6.07, 6.45) is 2.74. The zero-order valence-electron chi connectivity index (χ0n) is 20.0. The van der Waals surface area contributed by atoms with Crippen molar-refractivity contribution in [2.75, 3.05) is 19.0 Å². The molecule has 0 atom stereocenters. The molecule has 0 spiro atoms. The molecule has 0 fully saturated rings. The molecule has 0 saturated carbocycles. The molecule has 4 N–H and O–H groups in total. The Hall–Kier alpha value is -3.34. The van der Waals surface area contributed by atoms with E-state index in [4.69, 9.17) is 11.6 Å². The maximum Gasteiger partial charge on any atom is 0.287 e. The number of anilines is 1. The normalized spacial score (nSPS) is 11.5. The molecule has 0 aliphatic rings. The number of hydrogen-bond acceptors (Lipinski definition) is 6. The highest BCUT2D eigenvalue weighted by Crippen LogP contribution is 2.43. The van der Waals surface area contributed by atoms with Gasteiger partial charge < -0.3 is 20.4 Å². The molecule has 3 aromatic rings. The molecular formula is C26H23Br2ClN4O4. The Morgan fingerprint density at radius 3 is 2.27 bits per heavy atom. The van der Waals surface area contributed by atoms with E-state index >= 15 is 0 Å². The highest BCUT2D eigenvalue weighted by Gasteiger charge is 2.19. The maximum atomic E-state index is 13.1. The van der Waals surface area contributed by atoms with Crippen LogP contribution >= 0.6 is 43.5 Å². The monoisotopic (exact) mass is 648 g/mol. The number of aromatic hydroxyl groups is 2. The molecule has 0 aliphatic heterocycles. The third-order valence-electron chi connectivity index (χ3n) is 5.30. The summed E-state index contributed by atoms with van der Waals surface area (Å²) < 4.78 is 0.435. The second-order valence-electron chi connectivity index (χ2n) is 8.04. The molecule has 3 aromatic carbocycles. The van der Waals surface area contributed by atoms with Crippen LogP contribution in [0.4, 0.5) is 5.69 Å². The van der Waals surface area contributed by atoms with E-state index in [2.05, 4.69) is 47.7 Å². The van der Waals surface area contributed by atoms with Crippen molar-refractivity contribution in [1.82, 2.24) is 10.7 Å². The van der Waals surface area contributed by atoms with Crippen molar-refractivity contribution < 1.29 is 19.8 Å². The Morgan fingerprint density at radius 1 is 1.00 bits per heavy atom.